The second-order valence-electron chi connectivity index (χ2n) is 5.10. The number of hydroxylamine groups is 2. The first-order chi connectivity index (χ1) is 11.5. The van der Waals surface area contributed by atoms with E-state index in [1.54, 1.807) is 36.4 Å². The Kier molecular flexibility index (Phi) is 4.43. The van der Waals surface area contributed by atoms with Crippen molar-refractivity contribution in [2.75, 3.05) is 12.5 Å². The van der Waals surface area contributed by atoms with Crippen LogP contribution in [0.2, 0.25) is 0 Å². The fourth-order valence-corrected chi connectivity index (χ4v) is 3.73. The number of ether oxygens (including phenoxy) is 2. The summed E-state index contributed by atoms with van der Waals surface area (Å²) in [5.74, 6) is 0.536. The molecule has 7 nitrogen and oxygen atoms in total. The van der Waals surface area contributed by atoms with Gasteiger partial charge < -0.3 is 19.9 Å². The molecule has 3 rings (SSSR count). The van der Waals surface area contributed by atoms with Crippen LogP contribution in [0, 0.1) is 5.21 Å². The first-order valence-corrected chi connectivity index (χ1v) is 8.65. The molecule has 1 aliphatic rings. The molecule has 0 unspecified atom stereocenters. The predicted octanol–water partition coefficient (Wildman–Crippen LogP) is 2.42. The Morgan fingerprint density at radius 2 is 1.88 bits per heavy atom. The number of sulfone groups is 1. The van der Waals surface area contributed by atoms with Crippen molar-refractivity contribution in [2.24, 2.45) is 0 Å². The molecule has 1 aliphatic heterocycles. The van der Waals surface area contributed by atoms with E-state index in [0.717, 1.165) is 6.20 Å². The summed E-state index contributed by atoms with van der Waals surface area (Å²) in [4.78, 5) is 0.132. The number of hydrogen-bond acceptors (Lipinski definition) is 7. The highest BCUT2D eigenvalue weighted by molar-refractivity contribution is 7.91. The Hall–Kier alpha value is -2.55. The van der Waals surface area contributed by atoms with Crippen LogP contribution < -0.4 is 9.47 Å². The molecule has 0 bridgehead atoms. The lowest BCUT2D eigenvalue weighted by Crippen LogP contribution is -2.11. The molecule has 24 heavy (non-hydrogen) atoms. The lowest BCUT2D eigenvalue weighted by atomic mass is 10.1. The first kappa shape index (κ1) is 16.3. The Balaban J connectivity index is 1.96. The molecular weight excluding hydrogens is 334 g/mol. The summed E-state index contributed by atoms with van der Waals surface area (Å²) in [5.41, 5.74) is 0.573. The minimum absolute atomic E-state index is 0.0772. The average molecular weight is 348 g/mol. The van der Waals surface area contributed by atoms with E-state index in [-0.39, 0.29) is 17.3 Å². The molecule has 0 spiro atoms. The molecule has 0 fully saturated rings. The molecule has 0 saturated carbocycles. The molecule has 2 aromatic rings. The van der Waals surface area contributed by atoms with Crippen molar-refractivity contribution in [2.45, 2.75) is 4.90 Å². The summed E-state index contributed by atoms with van der Waals surface area (Å²) in [6.07, 6.45) is 0.817. The zero-order chi connectivity index (χ0) is 17.2. The van der Waals surface area contributed by atoms with Crippen molar-refractivity contribution in [1.29, 1.82) is 0 Å². The van der Waals surface area contributed by atoms with Gasteiger partial charge in [0, 0.05) is 6.20 Å². The van der Waals surface area contributed by atoms with Crippen LogP contribution in [0.3, 0.4) is 0 Å². The van der Waals surface area contributed by atoms with Crippen molar-refractivity contribution in [1.82, 2.24) is 5.23 Å². The number of fused-ring (bicyclic) bond motifs is 1. The van der Waals surface area contributed by atoms with E-state index in [0.29, 0.717) is 17.1 Å². The van der Waals surface area contributed by atoms with E-state index < -0.39 is 20.8 Å². The predicted molar refractivity (Wildman–Crippen MR) is 86.0 cm³/mol. The number of hydrogen-bond donors (Lipinski definition) is 1. The number of nitrogens with zero attached hydrogens (tertiary/aromatic N) is 1. The van der Waals surface area contributed by atoms with Gasteiger partial charge in [0.1, 0.15) is 0 Å². The quantitative estimate of drug-likeness (QED) is 0.828. The summed E-state index contributed by atoms with van der Waals surface area (Å²) >= 11 is 0. The van der Waals surface area contributed by atoms with Crippen molar-refractivity contribution in [3.8, 4) is 11.5 Å². The maximum atomic E-state index is 12.5. The molecule has 1 N–H and O–H groups in total. The highest BCUT2D eigenvalue weighted by atomic mass is 32.2. The highest BCUT2D eigenvalue weighted by Gasteiger charge is 2.20. The molecular formula is C16H14NO6S-. The van der Waals surface area contributed by atoms with E-state index in [4.69, 9.17) is 14.7 Å². The maximum absolute atomic E-state index is 12.5. The summed E-state index contributed by atoms with van der Waals surface area (Å²) in [6.45, 7) is 0.0772. The van der Waals surface area contributed by atoms with Gasteiger partial charge in [-0.1, -0.05) is 24.3 Å². The van der Waals surface area contributed by atoms with Crippen LogP contribution in [-0.2, 0) is 9.84 Å². The van der Waals surface area contributed by atoms with Gasteiger partial charge in [0.15, 0.2) is 21.3 Å². The van der Waals surface area contributed by atoms with Gasteiger partial charge in [0.25, 0.3) is 0 Å². The van der Waals surface area contributed by atoms with Crippen molar-refractivity contribution in [3.05, 3.63) is 65.5 Å². The summed E-state index contributed by atoms with van der Waals surface area (Å²) in [6, 6.07) is 12.7. The summed E-state index contributed by atoms with van der Waals surface area (Å²) in [7, 11) is -3.68. The van der Waals surface area contributed by atoms with Crippen LogP contribution >= 0.6 is 0 Å². The van der Waals surface area contributed by atoms with Gasteiger partial charge >= 0.3 is 0 Å². The van der Waals surface area contributed by atoms with E-state index in [1.165, 1.54) is 12.1 Å². The van der Waals surface area contributed by atoms with Crippen molar-refractivity contribution in [3.63, 3.8) is 0 Å². The third-order valence-electron chi connectivity index (χ3n) is 3.46. The second-order valence-corrected chi connectivity index (χ2v) is 7.09. The van der Waals surface area contributed by atoms with Crippen LogP contribution in [0.25, 0.3) is 5.57 Å². The van der Waals surface area contributed by atoms with Crippen LogP contribution in [0.1, 0.15) is 5.56 Å². The lowest BCUT2D eigenvalue weighted by molar-refractivity contribution is 0.0125. The van der Waals surface area contributed by atoms with Gasteiger partial charge in [0.05, 0.1) is 10.6 Å². The van der Waals surface area contributed by atoms with Gasteiger partial charge in [0.2, 0.25) is 6.79 Å². The van der Waals surface area contributed by atoms with Crippen molar-refractivity contribution >= 4 is 15.4 Å². The highest BCUT2D eigenvalue weighted by Crippen LogP contribution is 2.35. The second kappa shape index (κ2) is 6.52. The Morgan fingerprint density at radius 3 is 2.58 bits per heavy atom. The molecule has 8 heteroatoms. The average Bonchev–Trinajstić information content (AvgIpc) is 3.02. The zero-order valence-corrected chi connectivity index (χ0v) is 13.3. The van der Waals surface area contributed by atoms with Gasteiger partial charge in [-0.2, -0.15) is 0 Å². The SMILES string of the molecule is O=S(=O)(C/C(=C\N([O-])O)c1ccc2c(c1)OCO2)c1ccccc1. The molecule has 0 radical (unpaired) electrons. The third kappa shape index (κ3) is 3.51. The van der Waals surface area contributed by atoms with Crippen LogP contribution in [0.4, 0.5) is 0 Å². The maximum Gasteiger partial charge on any atom is 0.231 e. The first-order valence-electron chi connectivity index (χ1n) is 6.99. The molecule has 2 aromatic carbocycles. The Labute approximate surface area is 138 Å². The van der Waals surface area contributed by atoms with Crippen LogP contribution in [0.15, 0.2) is 59.6 Å². The molecule has 0 aromatic heterocycles. The summed E-state index contributed by atoms with van der Waals surface area (Å²) in [5, 5.41) is 19.6. The fourth-order valence-electron chi connectivity index (χ4n) is 2.34. The van der Waals surface area contributed by atoms with E-state index >= 15 is 0 Å². The van der Waals surface area contributed by atoms with Gasteiger partial charge in [-0.05, 0) is 35.4 Å². The fraction of sp³-hybridized carbons (Fsp3) is 0.125. The molecule has 0 aliphatic carbocycles. The summed E-state index contributed by atoms with van der Waals surface area (Å²) < 4.78 is 35.5. The van der Waals surface area contributed by atoms with Crippen LogP contribution in [0.5, 0.6) is 11.5 Å². The number of benzene rings is 2. The standard InChI is InChI=1S/C16H14NO6S/c18-17(19)9-13(10-24(20,21)14-4-2-1-3-5-14)12-6-7-15-16(8-12)23-11-22-15/h1-9,18H,10-11H2/q-1/b13-9+. The normalized spacial score (nSPS) is 13.8. The largest absolute Gasteiger partial charge is 0.734 e. The molecule has 0 saturated heterocycles. The smallest absolute Gasteiger partial charge is 0.231 e. The lowest BCUT2D eigenvalue weighted by Gasteiger charge is -2.19. The van der Waals surface area contributed by atoms with E-state index in [9.17, 15) is 13.6 Å². The minimum atomic E-state index is -3.68. The third-order valence-corrected chi connectivity index (χ3v) is 5.14. The molecule has 126 valence electrons. The molecule has 1 heterocycles. The Morgan fingerprint density at radius 1 is 1.17 bits per heavy atom. The topological polar surface area (TPSA) is 99.1 Å². The minimum Gasteiger partial charge on any atom is -0.734 e. The Bertz CT molecular complexity index is 861. The zero-order valence-electron chi connectivity index (χ0n) is 12.5. The van der Waals surface area contributed by atoms with Gasteiger partial charge in [-0.25, -0.2) is 8.42 Å². The van der Waals surface area contributed by atoms with Gasteiger partial charge in [-0.15, -0.1) is 0 Å². The van der Waals surface area contributed by atoms with E-state index in [1.807, 2.05) is 0 Å². The van der Waals surface area contributed by atoms with Crippen molar-refractivity contribution < 1.29 is 23.1 Å². The van der Waals surface area contributed by atoms with Crippen LogP contribution in [-0.4, -0.2) is 31.4 Å². The van der Waals surface area contributed by atoms with E-state index in [2.05, 4.69) is 0 Å². The van der Waals surface area contributed by atoms with Gasteiger partial charge in [-0.3, -0.25) is 5.21 Å². The molecule has 0 amide bonds. The number of rotatable bonds is 5. The monoisotopic (exact) mass is 348 g/mol. The molecule has 0 atom stereocenters.